The van der Waals surface area contributed by atoms with Crippen molar-refractivity contribution in [2.75, 3.05) is 18.5 Å². The Hall–Kier alpha value is -4.02. The first-order valence-electron chi connectivity index (χ1n) is 17.1. The zero-order valence-electron chi connectivity index (χ0n) is 27.9. The summed E-state index contributed by atoms with van der Waals surface area (Å²) in [6.07, 6.45) is 9.52. The maximum atomic E-state index is 12.9. The number of nitrogens with zero attached hydrogens (tertiary/aromatic N) is 1. The maximum absolute atomic E-state index is 12.9. The topological polar surface area (TPSA) is 159 Å². The second-order valence-corrected chi connectivity index (χ2v) is 14.5. The number of hydrogen-bond acceptors (Lipinski definition) is 7. The van der Waals surface area contributed by atoms with Crippen LogP contribution >= 0.6 is 11.6 Å². The van der Waals surface area contributed by atoms with E-state index in [1.54, 1.807) is 12.1 Å². The number of amidine groups is 1. The van der Waals surface area contributed by atoms with Crippen LogP contribution in [0, 0.1) is 11.8 Å². The number of carbonyl (C=O) groups is 1. The molecule has 1 spiro atoms. The van der Waals surface area contributed by atoms with Crippen LogP contribution in [-0.4, -0.2) is 40.6 Å². The first-order chi connectivity index (χ1) is 23.1. The summed E-state index contributed by atoms with van der Waals surface area (Å²) in [5, 5.41) is 17.2. The third-order valence-electron chi connectivity index (χ3n) is 10.9. The summed E-state index contributed by atoms with van der Waals surface area (Å²) in [4.78, 5) is 17.6. The number of anilines is 1. The average molecular weight is 676 g/mol. The minimum Gasteiger partial charge on any atom is -0.493 e. The standard InChI is InChI=1S/C37H47ClN6O4/c1-23(21-48-32-11-16-41-31-8-3-5-24(2)34(31)32)17-26-18-25-9-10-29(47-22-33(39)43-44-40)20-30(25)36(26)12-14-37(15-13-36,35(45)46)42-28-7-4-6-27(38)19-28/h4,6-7,9-11,16,19-20,23-24,26,42,44H,3,5,8,12-15,17-18,21-22,40H2,1-2H3,(H2,39,43)(H,45,46)/p+1/t23-,24-,26+,36?,37?/m1/s1. The van der Waals surface area contributed by atoms with Crippen LogP contribution in [0.25, 0.3) is 0 Å². The molecule has 1 aromatic heterocycles. The van der Waals surface area contributed by atoms with Crippen molar-refractivity contribution in [2.45, 2.75) is 88.5 Å². The molecule has 0 aliphatic heterocycles. The van der Waals surface area contributed by atoms with Gasteiger partial charge >= 0.3 is 11.8 Å². The molecule has 1 saturated carbocycles. The molecular formula is C37H48ClN6O4+. The van der Waals surface area contributed by atoms with Gasteiger partial charge in [0, 0.05) is 28.2 Å². The minimum atomic E-state index is -1.09. The minimum absolute atomic E-state index is 0.150. The molecule has 0 saturated heterocycles. The lowest BCUT2D eigenvalue weighted by Crippen LogP contribution is -2.88. The number of ether oxygens (including phenoxy) is 2. The van der Waals surface area contributed by atoms with Gasteiger partial charge in [-0.25, -0.2) is 10.6 Å². The molecule has 10 nitrogen and oxygen atoms in total. The zero-order valence-corrected chi connectivity index (χ0v) is 28.6. The number of aromatic nitrogens is 1. The number of aryl methyl sites for hydroxylation is 1. The van der Waals surface area contributed by atoms with Crippen LogP contribution in [0.1, 0.15) is 87.1 Å². The van der Waals surface area contributed by atoms with Gasteiger partial charge in [-0.2, -0.15) is 10.6 Å². The smallest absolute Gasteiger partial charge is 0.329 e. The Labute approximate surface area is 287 Å². The lowest BCUT2D eigenvalue weighted by Gasteiger charge is -2.47. The Kier molecular flexibility index (Phi) is 10.0. The fraction of sp³-hybridized carbons (Fsp3) is 0.486. The van der Waals surface area contributed by atoms with Crippen LogP contribution in [0.4, 0.5) is 5.69 Å². The number of carboxylic acid groups (broad SMARTS) is 1. The quantitative estimate of drug-likeness (QED) is 0.0709. The number of nitrogens with one attached hydrogen (secondary N) is 3. The van der Waals surface area contributed by atoms with Crippen LogP contribution in [0.15, 0.2) is 54.7 Å². The van der Waals surface area contributed by atoms with Gasteiger partial charge in [0.2, 0.25) is 0 Å². The zero-order chi connectivity index (χ0) is 33.9. The van der Waals surface area contributed by atoms with Crippen molar-refractivity contribution in [3.8, 4) is 11.5 Å². The molecule has 3 aliphatic carbocycles. The number of carboxylic acids is 1. The molecule has 0 bridgehead atoms. The van der Waals surface area contributed by atoms with E-state index in [0.29, 0.717) is 53.7 Å². The van der Waals surface area contributed by atoms with Gasteiger partial charge in [0.15, 0.2) is 6.61 Å². The van der Waals surface area contributed by atoms with E-state index < -0.39 is 11.5 Å². The van der Waals surface area contributed by atoms with Gasteiger partial charge in [0.25, 0.3) is 0 Å². The molecule has 256 valence electrons. The fourth-order valence-electron chi connectivity index (χ4n) is 8.46. The van der Waals surface area contributed by atoms with Crippen molar-refractivity contribution in [3.05, 3.63) is 82.1 Å². The van der Waals surface area contributed by atoms with E-state index in [1.165, 1.54) is 28.8 Å². The van der Waals surface area contributed by atoms with Crippen LogP contribution in [0.2, 0.25) is 5.02 Å². The Morgan fingerprint density at radius 1 is 1.17 bits per heavy atom. The highest BCUT2D eigenvalue weighted by atomic mass is 35.5. The van der Waals surface area contributed by atoms with E-state index in [2.05, 4.69) is 46.9 Å². The van der Waals surface area contributed by atoms with E-state index in [4.69, 9.17) is 32.7 Å². The molecule has 48 heavy (non-hydrogen) atoms. The van der Waals surface area contributed by atoms with Crippen LogP contribution in [-0.2, 0) is 23.1 Å². The van der Waals surface area contributed by atoms with Crippen molar-refractivity contribution in [1.82, 2.24) is 10.5 Å². The SMILES string of the molecule is C[C@@H](COc1ccnc2c1[C@H](C)CCC2)C[C@H]1Cc2ccc(OC/C(N)=[NH+]/NN)cc2C12CCC(Nc1cccc(Cl)c1)(C(=O)O)CC2. The highest BCUT2D eigenvalue weighted by Gasteiger charge is 2.54. The predicted octanol–water partition coefficient (Wildman–Crippen LogP) is 4.39. The molecular weight excluding hydrogens is 628 g/mol. The normalized spacial score (nSPS) is 25.5. The van der Waals surface area contributed by atoms with Crippen molar-refractivity contribution >= 4 is 29.1 Å². The molecule has 3 aliphatic rings. The number of hydrazine groups is 2. The summed E-state index contributed by atoms with van der Waals surface area (Å²) >= 11 is 6.26. The van der Waals surface area contributed by atoms with Gasteiger partial charge in [-0.1, -0.05) is 37.6 Å². The number of fused-ring (bicyclic) bond motifs is 3. The number of halogens is 1. The number of hydrazone groups is 1. The predicted molar refractivity (Wildman–Crippen MR) is 187 cm³/mol. The number of pyridine rings is 1. The van der Waals surface area contributed by atoms with Crippen molar-refractivity contribution in [1.29, 1.82) is 0 Å². The molecule has 6 rings (SSSR count). The first-order valence-corrected chi connectivity index (χ1v) is 17.5. The molecule has 0 radical (unpaired) electrons. The highest BCUT2D eigenvalue weighted by Crippen LogP contribution is 2.56. The molecule has 2 aromatic carbocycles. The molecule has 3 aromatic rings. The fourth-order valence-corrected chi connectivity index (χ4v) is 8.65. The molecule has 11 heteroatoms. The molecule has 1 fully saturated rings. The van der Waals surface area contributed by atoms with Gasteiger partial charge in [0.1, 0.15) is 17.0 Å². The largest absolute Gasteiger partial charge is 0.493 e. The number of nitrogens with two attached hydrogens (primary N) is 2. The monoisotopic (exact) mass is 675 g/mol. The lowest BCUT2D eigenvalue weighted by molar-refractivity contribution is -0.530. The van der Waals surface area contributed by atoms with Crippen molar-refractivity contribution in [3.63, 3.8) is 0 Å². The van der Waals surface area contributed by atoms with Crippen molar-refractivity contribution in [2.24, 2.45) is 23.4 Å². The average Bonchev–Trinajstić information content (AvgIpc) is 3.35. The lowest BCUT2D eigenvalue weighted by atomic mass is 9.59. The second kappa shape index (κ2) is 14.2. The van der Waals surface area contributed by atoms with Crippen molar-refractivity contribution < 1.29 is 24.5 Å². The third kappa shape index (κ3) is 6.91. The molecule has 8 N–H and O–H groups in total. The Morgan fingerprint density at radius 2 is 1.98 bits per heavy atom. The summed E-state index contributed by atoms with van der Waals surface area (Å²) in [6.45, 7) is 5.31. The van der Waals surface area contributed by atoms with Gasteiger partial charge < -0.3 is 19.9 Å². The van der Waals surface area contributed by atoms with E-state index in [9.17, 15) is 9.90 Å². The summed E-state index contributed by atoms with van der Waals surface area (Å²) in [5.41, 5.74) is 12.7. The van der Waals surface area contributed by atoms with E-state index in [-0.39, 0.29) is 12.0 Å². The molecule has 0 unspecified atom stereocenters. The second-order valence-electron chi connectivity index (χ2n) is 14.1. The van der Waals surface area contributed by atoms with Crippen LogP contribution < -0.4 is 37.0 Å². The summed E-state index contributed by atoms with van der Waals surface area (Å²) in [5.74, 6) is 7.60. The summed E-state index contributed by atoms with van der Waals surface area (Å²) < 4.78 is 12.6. The van der Waals surface area contributed by atoms with Gasteiger partial charge in [0.05, 0.1) is 6.61 Å². The maximum Gasteiger partial charge on any atom is 0.329 e. The Bertz CT molecular complexity index is 1660. The number of aliphatic carboxylic acids is 1. The summed E-state index contributed by atoms with van der Waals surface area (Å²) in [6, 6.07) is 15.6. The van der Waals surface area contributed by atoms with Gasteiger partial charge in [-0.05, 0) is 128 Å². The third-order valence-corrected chi connectivity index (χ3v) is 11.1. The van der Waals surface area contributed by atoms with Crippen LogP contribution in [0.3, 0.4) is 0 Å². The van der Waals surface area contributed by atoms with E-state index in [0.717, 1.165) is 50.0 Å². The van der Waals surface area contributed by atoms with Gasteiger partial charge in [-0.3, -0.25) is 10.7 Å². The molecule has 0 amide bonds. The van der Waals surface area contributed by atoms with E-state index in [1.807, 2.05) is 30.5 Å². The van der Waals surface area contributed by atoms with Gasteiger partial charge in [-0.15, -0.1) is 0 Å². The van der Waals surface area contributed by atoms with Crippen LogP contribution in [0.5, 0.6) is 11.5 Å². The van der Waals surface area contributed by atoms with E-state index >= 15 is 0 Å². The Balaban J connectivity index is 1.24. The highest BCUT2D eigenvalue weighted by molar-refractivity contribution is 6.30. The first kappa shape index (κ1) is 33.9. The number of rotatable bonds is 12. The number of benzene rings is 2. The molecule has 1 heterocycles. The summed E-state index contributed by atoms with van der Waals surface area (Å²) in [7, 11) is 0. The Morgan fingerprint density at radius 3 is 2.73 bits per heavy atom. The number of hydrogen-bond donors (Lipinski definition) is 6. The molecule has 3 atom stereocenters.